The molecule has 2 heterocycles. The standard InChI is InChI=1S/C17H19N7O5S3/c18-17(19)20-6-1-2-12(16(26)27)21-15(25)14-11(5-7-30-14)24-32(28,29)9-3-4-10-13(8-9)23-31-22-10/h3-5,7-8,12,24H,1-2,6H2,(H,21,25)(H,26,27)(H4,18,19,20)/t12-/m0/s1. The number of benzene rings is 1. The number of nitrogens with zero attached hydrogens (tertiary/aromatic N) is 3. The second-order valence-electron chi connectivity index (χ2n) is 6.50. The number of fused-ring (bicyclic) bond motifs is 1. The van der Waals surface area contributed by atoms with Crippen molar-refractivity contribution in [3.05, 3.63) is 34.5 Å². The molecule has 1 atom stereocenters. The third-order valence-corrected chi connectivity index (χ3v) is 7.03. The highest BCUT2D eigenvalue weighted by Crippen LogP contribution is 2.26. The van der Waals surface area contributed by atoms with Crippen molar-refractivity contribution in [1.82, 2.24) is 14.1 Å². The van der Waals surface area contributed by atoms with Crippen molar-refractivity contribution in [2.24, 2.45) is 16.5 Å². The Bertz CT molecular complexity index is 1260. The van der Waals surface area contributed by atoms with E-state index in [4.69, 9.17) is 11.5 Å². The normalized spacial score (nSPS) is 12.2. The highest BCUT2D eigenvalue weighted by Gasteiger charge is 2.25. The number of thiophene rings is 1. The molecule has 0 spiro atoms. The molecule has 0 unspecified atom stereocenters. The summed E-state index contributed by atoms with van der Waals surface area (Å²) >= 11 is 1.94. The number of aliphatic imine (C=N–C) groups is 1. The predicted molar refractivity (Wildman–Crippen MR) is 121 cm³/mol. The maximum absolute atomic E-state index is 12.8. The number of carbonyl (C=O) groups is 2. The van der Waals surface area contributed by atoms with Gasteiger partial charge >= 0.3 is 5.97 Å². The lowest BCUT2D eigenvalue weighted by Crippen LogP contribution is -2.40. The molecular weight excluding hydrogens is 478 g/mol. The Morgan fingerprint density at radius 3 is 2.66 bits per heavy atom. The van der Waals surface area contributed by atoms with Crippen molar-refractivity contribution < 1.29 is 23.1 Å². The van der Waals surface area contributed by atoms with Gasteiger partial charge in [0.05, 0.1) is 22.3 Å². The first-order chi connectivity index (χ1) is 15.2. The molecule has 2 aromatic heterocycles. The number of carboxylic acids is 1. The van der Waals surface area contributed by atoms with Crippen LogP contribution in [0.3, 0.4) is 0 Å². The Labute approximate surface area is 190 Å². The van der Waals surface area contributed by atoms with E-state index in [1.807, 2.05) is 0 Å². The molecule has 12 nitrogen and oxygen atoms in total. The Morgan fingerprint density at radius 1 is 1.19 bits per heavy atom. The number of hydrogen-bond acceptors (Lipinski definition) is 9. The number of anilines is 1. The number of hydrogen-bond donors (Lipinski definition) is 5. The number of carbonyl (C=O) groups excluding carboxylic acids is 1. The van der Waals surface area contributed by atoms with Crippen molar-refractivity contribution in [2.75, 3.05) is 11.3 Å². The first-order valence-electron chi connectivity index (χ1n) is 9.09. The van der Waals surface area contributed by atoms with E-state index in [1.165, 1.54) is 29.6 Å². The van der Waals surface area contributed by atoms with Gasteiger partial charge in [-0.15, -0.1) is 11.3 Å². The van der Waals surface area contributed by atoms with Gasteiger partial charge in [0.2, 0.25) is 0 Å². The number of sulfonamides is 1. The maximum atomic E-state index is 12.8. The Kier molecular flexibility index (Phi) is 7.22. The van der Waals surface area contributed by atoms with Gasteiger partial charge in [-0.3, -0.25) is 14.5 Å². The summed E-state index contributed by atoms with van der Waals surface area (Å²) in [5.41, 5.74) is 11.5. The van der Waals surface area contributed by atoms with E-state index in [0.29, 0.717) is 17.5 Å². The fraction of sp³-hybridized carbons (Fsp3) is 0.235. The van der Waals surface area contributed by atoms with Gasteiger partial charge in [0, 0.05) is 6.54 Å². The second-order valence-corrected chi connectivity index (χ2v) is 9.62. The molecular formula is C17H19N7O5S3. The van der Waals surface area contributed by atoms with Crippen molar-refractivity contribution in [3.8, 4) is 0 Å². The number of carboxylic acid groups (broad SMARTS) is 1. The molecule has 3 rings (SSSR count). The molecule has 0 aliphatic heterocycles. The molecule has 32 heavy (non-hydrogen) atoms. The number of guanidine groups is 1. The van der Waals surface area contributed by atoms with E-state index < -0.39 is 27.9 Å². The molecule has 0 saturated carbocycles. The number of amides is 1. The van der Waals surface area contributed by atoms with Gasteiger partial charge < -0.3 is 21.9 Å². The Balaban J connectivity index is 1.72. The van der Waals surface area contributed by atoms with Gasteiger partial charge in [-0.25, -0.2) is 13.2 Å². The summed E-state index contributed by atoms with van der Waals surface area (Å²) in [5.74, 6) is -2.06. The minimum Gasteiger partial charge on any atom is -0.480 e. The molecule has 0 aliphatic carbocycles. The van der Waals surface area contributed by atoms with Gasteiger partial charge in [0.25, 0.3) is 15.9 Å². The van der Waals surface area contributed by atoms with E-state index in [2.05, 4.69) is 23.8 Å². The summed E-state index contributed by atoms with van der Waals surface area (Å²) in [6, 6.07) is 4.53. The first kappa shape index (κ1) is 23.4. The largest absolute Gasteiger partial charge is 0.480 e. The van der Waals surface area contributed by atoms with E-state index >= 15 is 0 Å². The van der Waals surface area contributed by atoms with Gasteiger partial charge in [-0.1, -0.05) is 0 Å². The SMILES string of the molecule is NC(N)=NCCC[C@H](NC(=O)c1sccc1NS(=O)(=O)c1ccc2nsnc2c1)C(=O)O. The molecule has 1 aromatic carbocycles. The van der Waals surface area contributed by atoms with Crippen molar-refractivity contribution in [3.63, 3.8) is 0 Å². The lowest BCUT2D eigenvalue weighted by atomic mass is 10.1. The molecule has 15 heteroatoms. The van der Waals surface area contributed by atoms with Crippen molar-refractivity contribution >= 4 is 67.6 Å². The molecule has 0 radical (unpaired) electrons. The number of aliphatic carboxylic acids is 1. The van der Waals surface area contributed by atoms with Crippen LogP contribution in [0.15, 0.2) is 39.5 Å². The van der Waals surface area contributed by atoms with Gasteiger partial charge in [-0.05, 0) is 42.5 Å². The van der Waals surface area contributed by atoms with Gasteiger partial charge in [-0.2, -0.15) is 8.75 Å². The molecule has 7 N–H and O–H groups in total. The van der Waals surface area contributed by atoms with Crippen molar-refractivity contribution in [1.29, 1.82) is 0 Å². The number of nitrogens with one attached hydrogen (secondary N) is 2. The van der Waals surface area contributed by atoms with Crippen LogP contribution in [0.1, 0.15) is 22.5 Å². The summed E-state index contributed by atoms with van der Waals surface area (Å²) in [4.78, 5) is 27.9. The van der Waals surface area contributed by atoms with Crippen LogP contribution in [0.2, 0.25) is 0 Å². The topological polar surface area (TPSA) is 203 Å². The van der Waals surface area contributed by atoms with Gasteiger partial charge in [0.15, 0.2) is 5.96 Å². The number of nitrogens with two attached hydrogens (primary N) is 2. The number of rotatable bonds is 10. The highest BCUT2D eigenvalue weighted by atomic mass is 32.2. The average Bonchev–Trinajstić information content (AvgIpc) is 3.38. The molecule has 170 valence electrons. The Hall–Kier alpha value is -3.30. The minimum absolute atomic E-state index is 0.0282. The van der Waals surface area contributed by atoms with E-state index in [9.17, 15) is 23.1 Å². The minimum atomic E-state index is -4.02. The first-order valence-corrected chi connectivity index (χ1v) is 12.2. The summed E-state index contributed by atoms with van der Waals surface area (Å²) in [5, 5.41) is 13.3. The van der Waals surface area contributed by atoms with Crippen LogP contribution >= 0.6 is 23.1 Å². The van der Waals surface area contributed by atoms with E-state index in [-0.39, 0.29) is 34.4 Å². The monoisotopic (exact) mass is 497 g/mol. The van der Waals surface area contributed by atoms with Crippen LogP contribution in [-0.2, 0) is 14.8 Å². The fourth-order valence-corrected chi connectivity index (χ4v) is 5.11. The molecule has 0 fully saturated rings. The molecule has 0 bridgehead atoms. The lowest BCUT2D eigenvalue weighted by molar-refractivity contribution is -0.139. The smallest absolute Gasteiger partial charge is 0.326 e. The number of aromatic nitrogens is 2. The lowest BCUT2D eigenvalue weighted by Gasteiger charge is -2.14. The molecule has 0 aliphatic rings. The summed E-state index contributed by atoms with van der Waals surface area (Å²) in [6.45, 7) is 0.213. The molecule has 3 aromatic rings. The molecule has 1 amide bonds. The zero-order chi connectivity index (χ0) is 23.3. The van der Waals surface area contributed by atoms with E-state index in [1.54, 1.807) is 0 Å². The third-order valence-electron chi connectivity index (χ3n) is 4.20. The zero-order valence-corrected chi connectivity index (χ0v) is 18.8. The van der Waals surface area contributed by atoms with Crippen LogP contribution in [0.4, 0.5) is 5.69 Å². The fourth-order valence-electron chi connectivity index (χ4n) is 2.68. The summed E-state index contributed by atoms with van der Waals surface area (Å²) < 4.78 is 36.0. The van der Waals surface area contributed by atoms with Crippen molar-refractivity contribution in [2.45, 2.75) is 23.8 Å². The summed E-state index contributed by atoms with van der Waals surface area (Å²) in [6.07, 6.45) is 0.416. The summed E-state index contributed by atoms with van der Waals surface area (Å²) in [7, 11) is -4.02. The van der Waals surface area contributed by atoms with Crippen LogP contribution in [-0.4, -0.2) is 52.7 Å². The average molecular weight is 498 g/mol. The predicted octanol–water partition coefficient (Wildman–Crippen LogP) is 0.790. The third kappa shape index (κ3) is 5.68. The van der Waals surface area contributed by atoms with Crippen LogP contribution < -0.4 is 21.5 Å². The van der Waals surface area contributed by atoms with Crippen LogP contribution in [0.25, 0.3) is 11.0 Å². The molecule has 0 saturated heterocycles. The van der Waals surface area contributed by atoms with E-state index in [0.717, 1.165) is 23.1 Å². The van der Waals surface area contributed by atoms with Crippen LogP contribution in [0.5, 0.6) is 0 Å². The highest BCUT2D eigenvalue weighted by molar-refractivity contribution is 7.92. The Morgan fingerprint density at radius 2 is 1.94 bits per heavy atom. The quantitative estimate of drug-likeness (QED) is 0.152. The second kappa shape index (κ2) is 9.88. The van der Waals surface area contributed by atoms with Gasteiger partial charge in [0.1, 0.15) is 22.0 Å². The van der Waals surface area contributed by atoms with Crippen LogP contribution in [0, 0.1) is 0 Å². The maximum Gasteiger partial charge on any atom is 0.326 e. The zero-order valence-electron chi connectivity index (χ0n) is 16.4.